The van der Waals surface area contributed by atoms with E-state index in [4.69, 9.17) is 8.85 Å². The van der Waals surface area contributed by atoms with Gasteiger partial charge in [-0.1, -0.05) is 26.2 Å². The summed E-state index contributed by atoms with van der Waals surface area (Å²) in [7, 11) is -4.04. The van der Waals surface area contributed by atoms with Crippen LogP contribution in [0.15, 0.2) is 0 Å². The molecular formula is C11H30O2Si4. The summed E-state index contributed by atoms with van der Waals surface area (Å²) in [5.74, 6) is 0. The summed E-state index contributed by atoms with van der Waals surface area (Å²) >= 11 is 0. The lowest BCUT2D eigenvalue weighted by Crippen LogP contribution is -2.91. The quantitative estimate of drug-likeness (QED) is 0.691. The topological polar surface area (TPSA) is 18.5 Å². The highest BCUT2D eigenvalue weighted by atomic mass is 29.8. The normalized spacial score (nSPS) is 37.8. The molecule has 6 heteroatoms. The Bertz CT molecular complexity index is 325. The van der Waals surface area contributed by atoms with Crippen molar-refractivity contribution in [1.82, 2.24) is 0 Å². The summed E-state index contributed by atoms with van der Waals surface area (Å²) < 4.78 is 12.9. The Morgan fingerprint density at radius 3 is 1.59 bits per heavy atom. The SMILES string of the molecule is CO[Si]1(C)C(C)(C)O[Si](C)(C)[Si](C)(C)[Si]1(C)C. The zero-order valence-corrected chi connectivity index (χ0v) is 17.3. The molecule has 1 aliphatic heterocycles. The van der Waals surface area contributed by atoms with Gasteiger partial charge in [-0.3, -0.25) is 0 Å². The van der Waals surface area contributed by atoms with Crippen molar-refractivity contribution in [2.45, 2.75) is 64.9 Å². The highest BCUT2D eigenvalue weighted by Crippen LogP contribution is 2.47. The van der Waals surface area contributed by atoms with E-state index < -0.39 is 29.9 Å². The summed E-state index contributed by atoms with van der Waals surface area (Å²) in [4.78, 5) is 0. The van der Waals surface area contributed by atoms with Crippen molar-refractivity contribution in [3.63, 3.8) is 0 Å². The smallest absolute Gasteiger partial charge is 0.202 e. The first kappa shape index (κ1) is 15.8. The first-order valence-corrected chi connectivity index (χ1v) is 20.8. The number of rotatable bonds is 1. The van der Waals surface area contributed by atoms with Gasteiger partial charge in [0.2, 0.25) is 7.83 Å². The van der Waals surface area contributed by atoms with Crippen molar-refractivity contribution < 1.29 is 8.85 Å². The van der Waals surface area contributed by atoms with E-state index in [2.05, 4.69) is 59.7 Å². The third-order valence-corrected chi connectivity index (χ3v) is 70.8. The maximum atomic E-state index is 6.69. The number of hydrogen-bond acceptors (Lipinski definition) is 2. The summed E-state index contributed by atoms with van der Waals surface area (Å²) in [5.41, 5.74) is 0. The molecule has 0 radical (unpaired) electrons. The first-order valence-electron chi connectivity index (χ1n) is 6.52. The summed E-state index contributed by atoms with van der Waals surface area (Å²) in [5, 5.41) is -0.0181. The molecule has 1 heterocycles. The molecule has 0 aliphatic carbocycles. The average molecular weight is 307 g/mol. The van der Waals surface area contributed by atoms with Gasteiger partial charge >= 0.3 is 0 Å². The lowest BCUT2D eigenvalue weighted by molar-refractivity contribution is 0.155. The van der Waals surface area contributed by atoms with Crippen LogP contribution in [0.4, 0.5) is 0 Å². The van der Waals surface area contributed by atoms with Gasteiger partial charge in [0.15, 0.2) is 7.83 Å². The Labute approximate surface area is 111 Å². The van der Waals surface area contributed by atoms with Crippen LogP contribution in [0.1, 0.15) is 13.8 Å². The molecule has 0 amide bonds. The molecule has 0 aromatic carbocycles. The molecule has 0 bridgehead atoms. The van der Waals surface area contributed by atoms with Crippen LogP contribution >= 0.6 is 0 Å². The highest BCUT2D eigenvalue weighted by molar-refractivity contribution is 7.82. The molecule has 2 nitrogen and oxygen atoms in total. The second kappa shape index (κ2) is 3.89. The predicted molar refractivity (Wildman–Crippen MR) is 86.2 cm³/mol. The van der Waals surface area contributed by atoms with Gasteiger partial charge in [-0.25, -0.2) is 0 Å². The van der Waals surface area contributed by atoms with E-state index in [-0.39, 0.29) is 5.22 Å². The lowest BCUT2D eigenvalue weighted by Gasteiger charge is -2.65. The van der Waals surface area contributed by atoms with Gasteiger partial charge in [-0.15, -0.1) is 0 Å². The van der Waals surface area contributed by atoms with Crippen LogP contribution in [-0.4, -0.2) is 42.2 Å². The second-order valence-electron chi connectivity index (χ2n) is 7.61. The maximum Gasteiger partial charge on any atom is 0.202 e. The van der Waals surface area contributed by atoms with E-state index in [1.165, 1.54) is 0 Å². The minimum absolute atomic E-state index is 0.0181. The molecule has 1 unspecified atom stereocenters. The monoisotopic (exact) mass is 306 g/mol. The third kappa shape index (κ3) is 1.75. The molecule has 1 atom stereocenters. The van der Waals surface area contributed by atoms with Gasteiger partial charge in [0, 0.05) is 7.11 Å². The molecule has 17 heavy (non-hydrogen) atoms. The second-order valence-corrected chi connectivity index (χ2v) is 45.5. The fraction of sp³-hybridized carbons (Fsp3) is 1.00. The van der Waals surface area contributed by atoms with Crippen LogP contribution in [0, 0.1) is 0 Å². The van der Waals surface area contributed by atoms with Crippen molar-refractivity contribution in [2.75, 3.05) is 7.11 Å². The number of hydrogen-bond donors (Lipinski definition) is 0. The van der Waals surface area contributed by atoms with Gasteiger partial charge in [-0.05, 0) is 33.5 Å². The van der Waals surface area contributed by atoms with E-state index in [1.54, 1.807) is 0 Å². The summed E-state index contributed by atoms with van der Waals surface area (Å²) in [6.07, 6.45) is 0. The van der Waals surface area contributed by atoms with Crippen molar-refractivity contribution in [3.8, 4) is 0 Å². The van der Waals surface area contributed by atoms with Gasteiger partial charge in [0.1, 0.15) is 0 Å². The summed E-state index contributed by atoms with van der Waals surface area (Å²) in [6, 6.07) is 0. The van der Waals surface area contributed by atoms with E-state index in [0.29, 0.717) is 0 Å². The molecule has 1 rings (SSSR count). The minimum atomic E-state index is -1.78. The summed E-state index contributed by atoms with van der Waals surface area (Å²) in [6.45, 7) is 22.2. The highest BCUT2D eigenvalue weighted by Gasteiger charge is 2.72. The van der Waals surface area contributed by atoms with E-state index in [9.17, 15) is 0 Å². The Morgan fingerprint density at radius 2 is 1.24 bits per heavy atom. The van der Waals surface area contributed by atoms with Gasteiger partial charge in [0.05, 0.1) is 19.4 Å². The Balaban J connectivity index is 3.48. The van der Waals surface area contributed by atoms with Crippen molar-refractivity contribution in [2.24, 2.45) is 0 Å². The largest absolute Gasteiger partial charge is 0.420 e. The van der Waals surface area contributed by atoms with Crippen molar-refractivity contribution >= 4 is 29.9 Å². The Kier molecular flexibility index (Phi) is 3.63. The van der Waals surface area contributed by atoms with Gasteiger partial charge in [0.25, 0.3) is 0 Å². The molecular weight excluding hydrogens is 276 g/mol. The Morgan fingerprint density at radius 1 is 0.824 bits per heavy atom. The average Bonchev–Trinajstić information content (AvgIpc) is 2.12. The van der Waals surface area contributed by atoms with Crippen LogP contribution in [0.5, 0.6) is 0 Å². The van der Waals surface area contributed by atoms with Gasteiger partial charge < -0.3 is 8.85 Å². The molecule has 0 N–H and O–H groups in total. The molecule has 1 saturated heterocycles. The zero-order valence-electron chi connectivity index (χ0n) is 13.3. The van der Waals surface area contributed by atoms with Crippen molar-refractivity contribution in [3.05, 3.63) is 0 Å². The molecule has 1 aliphatic rings. The van der Waals surface area contributed by atoms with E-state index in [1.807, 2.05) is 7.11 Å². The molecule has 1 fully saturated rings. The third-order valence-electron chi connectivity index (χ3n) is 6.33. The van der Waals surface area contributed by atoms with Crippen molar-refractivity contribution in [1.29, 1.82) is 0 Å². The van der Waals surface area contributed by atoms with Crippen LogP contribution < -0.4 is 0 Å². The molecule has 0 saturated carbocycles. The first-order chi connectivity index (χ1) is 7.27. The van der Waals surface area contributed by atoms with Crippen LogP contribution in [0.3, 0.4) is 0 Å². The zero-order chi connectivity index (χ0) is 13.9. The fourth-order valence-electron chi connectivity index (χ4n) is 3.47. The predicted octanol–water partition coefficient (Wildman–Crippen LogP) is 3.41. The van der Waals surface area contributed by atoms with Gasteiger partial charge in [-0.2, -0.15) is 0 Å². The van der Waals surface area contributed by atoms with Crippen LogP contribution in [0.2, 0.25) is 45.8 Å². The standard InChI is InChI=1S/C11H30O2Si4/c1-11(2)13-14(4,5)15(6,7)16(8,9)17(11,10)12-3/h1-10H3. The molecule has 0 aromatic rings. The lowest BCUT2D eigenvalue weighted by atomic mass is 10.5. The fourth-order valence-corrected chi connectivity index (χ4v) is 71.1. The van der Waals surface area contributed by atoms with E-state index in [0.717, 1.165) is 0 Å². The van der Waals surface area contributed by atoms with Crippen LogP contribution in [0.25, 0.3) is 0 Å². The minimum Gasteiger partial charge on any atom is -0.420 e. The maximum absolute atomic E-state index is 6.69. The Hall–Kier alpha value is 0.788. The molecule has 0 aromatic heterocycles. The molecule has 0 spiro atoms. The molecule has 102 valence electrons. The van der Waals surface area contributed by atoms with Crippen LogP contribution in [-0.2, 0) is 8.85 Å². The van der Waals surface area contributed by atoms with E-state index >= 15 is 0 Å².